The highest BCUT2D eigenvalue weighted by atomic mass is 35.5. The second-order valence-electron chi connectivity index (χ2n) is 5.78. The van der Waals surface area contributed by atoms with Crippen LogP contribution in [-0.2, 0) is 16.1 Å². The maximum Gasteiger partial charge on any atom is 0.312 e. The smallest absolute Gasteiger partial charge is 0.312 e. The molecule has 1 atom stereocenters. The van der Waals surface area contributed by atoms with Crippen molar-refractivity contribution in [3.63, 3.8) is 0 Å². The monoisotopic (exact) mass is 398 g/mol. The topological polar surface area (TPSA) is 40.6 Å². The lowest BCUT2D eigenvalue weighted by Gasteiger charge is -2.38. The molecule has 0 aromatic heterocycles. The Morgan fingerprint density at radius 2 is 1.68 bits per heavy atom. The molecule has 1 fully saturated rings. The van der Waals surface area contributed by atoms with Crippen molar-refractivity contribution in [3.05, 3.63) is 69.7 Å². The predicted octanol–water partition coefficient (Wildman–Crippen LogP) is 3.96. The number of likely N-dealkylation sites (N-methyl/N-ethyl adjacent to an activating group) is 1. The zero-order valence-corrected chi connectivity index (χ0v) is 15.8. The van der Waals surface area contributed by atoms with Crippen LogP contribution in [0.2, 0.25) is 10.0 Å². The summed E-state index contributed by atoms with van der Waals surface area (Å²) in [4.78, 5) is 27.7. The molecule has 0 radical (unpaired) electrons. The highest BCUT2D eigenvalue weighted by Gasteiger charge is 2.37. The van der Waals surface area contributed by atoms with E-state index in [2.05, 4.69) is 0 Å². The summed E-state index contributed by atoms with van der Waals surface area (Å²) in [6, 6.07) is 14.6. The average Bonchev–Trinajstić information content (AvgIpc) is 2.59. The van der Waals surface area contributed by atoms with Gasteiger partial charge in [0.15, 0.2) is 0 Å². The summed E-state index contributed by atoms with van der Waals surface area (Å²) in [5.41, 5.74) is 1.84. The Hall–Kier alpha value is -1.75. The minimum Gasteiger partial charge on any atom is -0.329 e. The van der Waals surface area contributed by atoms with Crippen LogP contribution in [0.15, 0.2) is 48.5 Å². The molecule has 1 aliphatic rings. The number of benzene rings is 2. The minimum atomic E-state index is -0.520. The van der Waals surface area contributed by atoms with Gasteiger partial charge in [0, 0.05) is 20.1 Å². The first-order valence-electron chi connectivity index (χ1n) is 7.52. The number of nitrogens with zero attached hydrogens (tertiary/aromatic N) is 2. The molecule has 1 aliphatic heterocycles. The molecule has 0 spiro atoms. The number of piperazine rings is 1. The first-order valence-corrected chi connectivity index (χ1v) is 8.28. The van der Waals surface area contributed by atoms with E-state index < -0.39 is 11.8 Å². The number of amides is 2. The zero-order chi connectivity index (χ0) is 17.3. The molecular weight excluding hydrogens is 383 g/mol. The SMILES string of the molecule is CN1C(=O)C(=O)N(Cc2ccccc2)CC1c1ccc(Cl)c(Cl)c1.Cl. The maximum atomic E-state index is 12.3. The normalized spacial score (nSPS) is 17.5. The van der Waals surface area contributed by atoms with Crippen LogP contribution in [0.5, 0.6) is 0 Å². The molecule has 2 aromatic carbocycles. The number of halogens is 3. The van der Waals surface area contributed by atoms with Gasteiger partial charge in [-0.05, 0) is 23.3 Å². The molecule has 2 amide bonds. The molecule has 0 saturated carbocycles. The van der Waals surface area contributed by atoms with Gasteiger partial charge < -0.3 is 9.80 Å². The van der Waals surface area contributed by atoms with Gasteiger partial charge in [-0.3, -0.25) is 9.59 Å². The van der Waals surface area contributed by atoms with Crippen LogP contribution in [-0.4, -0.2) is 35.2 Å². The maximum absolute atomic E-state index is 12.3. The number of hydrogen-bond acceptors (Lipinski definition) is 2. The minimum absolute atomic E-state index is 0. The highest BCUT2D eigenvalue weighted by molar-refractivity contribution is 6.42. The molecule has 0 bridgehead atoms. The van der Waals surface area contributed by atoms with Crippen molar-refractivity contribution in [2.75, 3.05) is 13.6 Å². The standard InChI is InChI=1S/C18H16Cl2N2O2.ClH/c1-21-16(13-7-8-14(19)15(20)9-13)11-22(18(24)17(21)23)10-12-5-3-2-4-6-12;/h2-9,16H,10-11H2,1H3;1H. The molecule has 0 N–H and O–H groups in total. The van der Waals surface area contributed by atoms with Crippen molar-refractivity contribution in [2.45, 2.75) is 12.6 Å². The molecule has 25 heavy (non-hydrogen) atoms. The van der Waals surface area contributed by atoms with Crippen molar-refractivity contribution in [1.82, 2.24) is 9.80 Å². The van der Waals surface area contributed by atoms with E-state index in [4.69, 9.17) is 23.2 Å². The van der Waals surface area contributed by atoms with Gasteiger partial charge in [-0.2, -0.15) is 0 Å². The Labute approximate surface area is 162 Å². The molecule has 7 heteroatoms. The average molecular weight is 400 g/mol. The van der Waals surface area contributed by atoms with E-state index in [1.165, 1.54) is 4.90 Å². The number of hydrogen-bond donors (Lipinski definition) is 0. The Bertz CT molecular complexity index is 783. The third-order valence-corrected chi connectivity index (χ3v) is 4.94. The lowest BCUT2D eigenvalue weighted by Crippen LogP contribution is -2.53. The van der Waals surface area contributed by atoms with E-state index in [0.717, 1.165) is 11.1 Å². The number of rotatable bonds is 3. The molecule has 1 saturated heterocycles. The van der Waals surface area contributed by atoms with Crippen LogP contribution in [0, 0.1) is 0 Å². The van der Waals surface area contributed by atoms with Crippen LogP contribution in [0.25, 0.3) is 0 Å². The van der Waals surface area contributed by atoms with E-state index in [1.807, 2.05) is 36.4 Å². The fraction of sp³-hybridized carbons (Fsp3) is 0.222. The molecular formula is C18H17Cl3N2O2. The fourth-order valence-corrected chi connectivity index (χ4v) is 3.14. The quantitative estimate of drug-likeness (QED) is 0.733. The number of carbonyl (C=O) groups is 2. The first kappa shape index (κ1) is 19.6. The van der Waals surface area contributed by atoms with E-state index in [9.17, 15) is 9.59 Å². The first-order chi connectivity index (χ1) is 11.5. The third kappa shape index (κ3) is 4.09. The van der Waals surface area contributed by atoms with Crippen molar-refractivity contribution in [3.8, 4) is 0 Å². The second-order valence-corrected chi connectivity index (χ2v) is 6.59. The van der Waals surface area contributed by atoms with Crippen LogP contribution in [0.3, 0.4) is 0 Å². The van der Waals surface area contributed by atoms with Crippen molar-refractivity contribution >= 4 is 47.4 Å². The van der Waals surface area contributed by atoms with Crippen molar-refractivity contribution in [1.29, 1.82) is 0 Å². The van der Waals surface area contributed by atoms with Gasteiger partial charge in [0.1, 0.15) is 0 Å². The van der Waals surface area contributed by atoms with Crippen LogP contribution >= 0.6 is 35.6 Å². The Kier molecular flexibility index (Phi) is 6.33. The summed E-state index contributed by atoms with van der Waals surface area (Å²) in [6.45, 7) is 0.811. The lowest BCUT2D eigenvalue weighted by atomic mass is 10.0. The summed E-state index contributed by atoms with van der Waals surface area (Å²) in [5.74, 6) is -1.01. The van der Waals surface area contributed by atoms with Crippen LogP contribution < -0.4 is 0 Å². The van der Waals surface area contributed by atoms with Gasteiger partial charge in [0.2, 0.25) is 0 Å². The molecule has 4 nitrogen and oxygen atoms in total. The molecule has 2 aromatic rings. The van der Waals surface area contributed by atoms with E-state index in [-0.39, 0.29) is 18.4 Å². The Morgan fingerprint density at radius 1 is 1.00 bits per heavy atom. The van der Waals surface area contributed by atoms with Gasteiger partial charge in [-0.1, -0.05) is 59.6 Å². The molecule has 1 heterocycles. The van der Waals surface area contributed by atoms with Gasteiger partial charge >= 0.3 is 11.8 Å². The lowest BCUT2D eigenvalue weighted by molar-refractivity contribution is -0.158. The van der Waals surface area contributed by atoms with Crippen LogP contribution in [0.4, 0.5) is 0 Å². The van der Waals surface area contributed by atoms with E-state index in [0.29, 0.717) is 23.1 Å². The fourth-order valence-electron chi connectivity index (χ4n) is 2.83. The Morgan fingerprint density at radius 3 is 2.32 bits per heavy atom. The van der Waals surface area contributed by atoms with Gasteiger partial charge in [-0.15, -0.1) is 12.4 Å². The molecule has 1 unspecified atom stereocenters. The van der Waals surface area contributed by atoms with E-state index in [1.54, 1.807) is 24.1 Å². The van der Waals surface area contributed by atoms with Crippen molar-refractivity contribution in [2.24, 2.45) is 0 Å². The zero-order valence-electron chi connectivity index (χ0n) is 13.5. The largest absolute Gasteiger partial charge is 0.329 e. The molecule has 132 valence electrons. The third-order valence-electron chi connectivity index (χ3n) is 4.20. The summed E-state index contributed by atoms with van der Waals surface area (Å²) >= 11 is 12.1. The van der Waals surface area contributed by atoms with Gasteiger partial charge in [0.05, 0.1) is 16.1 Å². The summed E-state index contributed by atoms with van der Waals surface area (Å²) in [6.07, 6.45) is 0. The molecule has 3 rings (SSSR count). The van der Waals surface area contributed by atoms with Gasteiger partial charge in [-0.25, -0.2) is 0 Å². The molecule has 0 aliphatic carbocycles. The predicted molar refractivity (Wildman–Crippen MR) is 101 cm³/mol. The summed E-state index contributed by atoms with van der Waals surface area (Å²) in [5, 5.41) is 0.893. The van der Waals surface area contributed by atoms with Gasteiger partial charge in [0.25, 0.3) is 0 Å². The van der Waals surface area contributed by atoms with Crippen LogP contribution in [0.1, 0.15) is 17.2 Å². The number of carbonyl (C=O) groups excluding carboxylic acids is 2. The second kappa shape index (κ2) is 8.09. The summed E-state index contributed by atoms with van der Waals surface area (Å²) < 4.78 is 0. The Balaban J connectivity index is 0.00000225. The van der Waals surface area contributed by atoms with E-state index >= 15 is 0 Å². The highest BCUT2D eigenvalue weighted by Crippen LogP contribution is 2.31. The van der Waals surface area contributed by atoms with Crippen molar-refractivity contribution < 1.29 is 9.59 Å². The summed E-state index contributed by atoms with van der Waals surface area (Å²) in [7, 11) is 1.63.